The third kappa shape index (κ3) is 4.01. The van der Waals surface area contributed by atoms with Gasteiger partial charge in [0.25, 0.3) is 0 Å². The molecule has 0 rings (SSSR count). The molecule has 0 spiro atoms. The molecule has 0 bridgehead atoms. The van der Waals surface area contributed by atoms with Crippen molar-refractivity contribution >= 4 is 11.9 Å². The van der Waals surface area contributed by atoms with E-state index in [0.29, 0.717) is 6.42 Å². The molecule has 17 heavy (non-hydrogen) atoms. The van der Waals surface area contributed by atoms with Crippen LogP contribution in [-0.2, 0) is 19.1 Å². The molecule has 0 aromatic rings. The normalized spacial score (nSPS) is 13.6. The Morgan fingerprint density at radius 3 is 2.24 bits per heavy atom. The monoisotopic (exact) mass is 247 g/mol. The van der Waals surface area contributed by atoms with Gasteiger partial charge in [0.15, 0.2) is 6.61 Å². The first-order chi connectivity index (χ1) is 7.90. The number of carbonyl (C=O) groups is 2. The minimum Gasteiger partial charge on any atom is -0.461 e. The molecule has 0 aliphatic rings. The Morgan fingerprint density at radius 2 is 1.88 bits per heavy atom. The van der Waals surface area contributed by atoms with Gasteiger partial charge in [0.05, 0.1) is 6.61 Å². The lowest BCUT2D eigenvalue weighted by Crippen LogP contribution is -2.51. The number of rotatable bonds is 7. The van der Waals surface area contributed by atoms with Crippen LogP contribution in [0.1, 0.15) is 33.6 Å². The molecule has 0 aliphatic carbocycles. The number of esters is 2. The standard InChI is InChI=1S/C10H17NO6/c1-4-6-10(11(14)15,7-17-8(3)12)9(13)16-5-2/h4-7H2,1-3H3. The topological polar surface area (TPSA) is 95.7 Å². The van der Waals surface area contributed by atoms with Crippen LogP contribution in [0.3, 0.4) is 0 Å². The van der Waals surface area contributed by atoms with E-state index in [9.17, 15) is 19.7 Å². The Hall–Kier alpha value is -1.66. The number of ether oxygens (including phenoxy) is 2. The maximum absolute atomic E-state index is 11.7. The number of hydrogen-bond acceptors (Lipinski definition) is 6. The summed E-state index contributed by atoms with van der Waals surface area (Å²) in [6.45, 7) is 3.83. The van der Waals surface area contributed by atoms with Gasteiger partial charge in [-0.2, -0.15) is 0 Å². The van der Waals surface area contributed by atoms with Crippen LogP contribution in [0.15, 0.2) is 0 Å². The Morgan fingerprint density at radius 1 is 1.29 bits per heavy atom. The van der Waals surface area contributed by atoms with Gasteiger partial charge in [0, 0.05) is 18.3 Å². The molecule has 7 heteroatoms. The first-order valence-electron chi connectivity index (χ1n) is 5.35. The van der Waals surface area contributed by atoms with Gasteiger partial charge < -0.3 is 9.47 Å². The van der Waals surface area contributed by atoms with Gasteiger partial charge in [-0.25, -0.2) is 4.79 Å². The van der Waals surface area contributed by atoms with Crippen molar-refractivity contribution in [2.24, 2.45) is 0 Å². The van der Waals surface area contributed by atoms with E-state index in [-0.39, 0.29) is 13.0 Å². The minimum absolute atomic E-state index is 0.0356. The van der Waals surface area contributed by atoms with E-state index in [0.717, 1.165) is 6.92 Å². The fourth-order valence-electron chi connectivity index (χ4n) is 1.35. The highest BCUT2D eigenvalue weighted by molar-refractivity contribution is 5.80. The van der Waals surface area contributed by atoms with Gasteiger partial charge in [-0.05, 0) is 13.3 Å². The Balaban J connectivity index is 5.04. The molecule has 0 heterocycles. The lowest BCUT2D eigenvalue weighted by molar-refractivity contribution is -0.559. The molecule has 0 amide bonds. The van der Waals surface area contributed by atoms with Crippen molar-refractivity contribution in [1.29, 1.82) is 0 Å². The molecule has 0 fully saturated rings. The lowest BCUT2D eigenvalue weighted by Gasteiger charge is -2.22. The van der Waals surface area contributed by atoms with E-state index < -0.39 is 29.0 Å². The van der Waals surface area contributed by atoms with E-state index in [1.165, 1.54) is 0 Å². The summed E-state index contributed by atoms with van der Waals surface area (Å²) >= 11 is 0. The van der Waals surface area contributed by atoms with Crippen LogP contribution in [0.5, 0.6) is 0 Å². The molecule has 0 aromatic heterocycles. The highest BCUT2D eigenvalue weighted by Crippen LogP contribution is 2.20. The number of nitrogens with zero attached hydrogens (tertiary/aromatic N) is 1. The summed E-state index contributed by atoms with van der Waals surface area (Å²) in [6.07, 6.45) is 0.368. The summed E-state index contributed by atoms with van der Waals surface area (Å²) in [5.74, 6) is -1.63. The average Bonchev–Trinajstić information content (AvgIpc) is 2.23. The molecule has 0 aromatic carbocycles. The average molecular weight is 247 g/mol. The highest BCUT2D eigenvalue weighted by Gasteiger charge is 2.53. The maximum atomic E-state index is 11.7. The quantitative estimate of drug-likeness (QED) is 0.377. The van der Waals surface area contributed by atoms with Gasteiger partial charge in [0.1, 0.15) is 0 Å². The van der Waals surface area contributed by atoms with E-state index >= 15 is 0 Å². The first kappa shape index (κ1) is 15.3. The summed E-state index contributed by atoms with van der Waals surface area (Å²) in [7, 11) is 0. The predicted molar refractivity (Wildman–Crippen MR) is 57.9 cm³/mol. The van der Waals surface area contributed by atoms with Gasteiger partial charge in [-0.1, -0.05) is 6.92 Å². The first-order valence-corrected chi connectivity index (χ1v) is 5.35. The predicted octanol–water partition coefficient (Wildman–Crippen LogP) is 0.928. The van der Waals surface area contributed by atoms with Crippen molar-refractivity contribution in [3.63, 3.8) is 0 Å². The molecule has 0 saturated carbocycles. The van der Waals surface area contributed by atoms with Crippen LogP contribution in [0, 0.1) is 10.1 Å². The summed E-state index contributed by atoms with van der Waals surface area (Å²) in [4.78, 5) is 32.7. The lowest BCUT2D eigenvalue weighted by atomic mass is 9.95. The maximum Gasteiger partial charge on any atom is 0.388 e. The van der Waals surface area contributed by atoms with Crippen LogP contribution in [0.4, 0.5) is 0 Å². The van der Waals surface area contributed by atoms with Crippen molar-refractivity contribution < 1.29 is 24.0 Å². The third-order valence-electron chi connectivity index (χ3n) is 2.18. The third-order valence-corrected chi connectivity index (χ3v) is 2.18. The van der Waals surface area contributed by atoms with Crippen LogP contribution in [-0.4, -0.2) is 35.6 Å². The Labute approximate surface area is 99.2 Å². The zero-order valence-electron chi connectivity index (χ0n) is 10.2. The second-order valence-corrected chi connectivity index (χ2v) is 3.54. The van der Waals surface area contributed by atoms with Gasteiger partial charge in [0.2, 0.25) is 0 Å². The highest BCUT2D eigenvalue weighted by atomic mass is 16.6. The molecule has 0 aliphatic heterocycles. The van der Waals surface area contributed by atoms with Crippen molar-refractivity contribution in [3.8, 4) is 0 Å². The van der Waals surface area contributed by atoms with E-state index in [1.807, 2.05) is 0 Å². The van der Waals surface area contributed by atoms with Crippen LogP contribution >= 0.6 is 0 Å². The smallest absolute Gasteiger partial charge is 0.388 e. The zero-order chi connectivity index (χ0) is 13.5. The summed E-state index contributed by atoms with van der Waals surface area (Å²) in [5, 5.41) is 11.1. The van der Waals surface area contributed by atoms with Crippen molar-refractivity contribution in [3.05, 3.63) is 10.1 Å². The molecule has 1 atom stereocenters. The summed E-state index contributed by atoms with van der Waals surface area (Å²) in [6, 6.07) is 0. The van der Waals surface area contributed by atoms with Crippen LogP contribution in [0.25, 0.3) is 0 Å². The Bertz CT molecular complexity index is 303. The van der Waals surface area contributed by atoms with Crippen molar-refractivity contribution in [2.75, 3.05) is 13.2 Å². The molecule has 0 saturated heterocycles. The second kappa shape index (κ2) is 6.82. The molecular formula is C10H17NO6. The fourth-order valence-corrected chi connectivity index (χ4v) is 1.35. The minimum atomic E-state index is -1.99. The van der Waals surface area contributed by atoms with Crippen molar-refractivity contribution in [2.45, 2.75) is 39.2 Å². The van der Waals surface area contributed by atoms with Gasteiger partial charge >= 0.3 is 17.5 Å². The van der Waals surface area contributed by atoms with E-state index in [1.54, 1.807) is 13.8 Å². The molecule has 0 radical (unpaired) electrons. The number of hydrogen-bond donors (Lipinski definition) is 0. The number of carbonyl (C=O) groups excluding carboxylic acids is 2. The van der Waals surface area contributed by atoms with E-state index in [4.69, 9.17) is 0 Å². The number of nitro groups is 1. The van der Waals surface area contributed by atoms with Gasteiger partial charge in [-0.15, -0.1) is 0 Å². The zero-order valence-corrected chi connectivity index (χ0v) is 10.2. The summed E-state index contributed by atoms with van der Waals surface area (Å²) in [5.41, 5.74) is -1.99. The van der Waals surface area contributed by atoms with Crippen LogP contribution in [0.2, 0.25) is 0 Å². The molecule has 98 valence electrons. The summed E-state index contributed by atoms with van der Waals surface area (Å²) < 4.78 is 9.29. The molecule has 1 unspecified atom stereocenters. The van der Waals surface area contributed by atoms with Gasteiger partial charge in [-0.3, -0.25) is 14.9 Å². The van der Waals surface area contributed by atoms with Crippen LogP contribution < -0.4 is 0 Å². The van der Waals surface area contributed by atoms with Crippen molar-refractivity contribution in [1.82, 2.24) is 0 Å². The van der Waals surface area contributed by atoms with E-state index in [2.05, 4.69) is 9.47 Å². The largest absolute Gasteiger partial charge is 0.461 e. The molecular weight excluding hydrogens is 230 g/mol. The molecule has 0 N–H and O–H groups in total. The molecule has 7 nitrogen and oxygen atoms in total. The SMILES string of the molecule is CCCC(COC(C)=O)(C(=O)OCC)[N+](=O)[O-]. The second-order valence-electron chi connectivity index (χ2n) is 3.54. The fraction of sp³-hybridized carbons (Fsp3) is 0.800. The Kier molecular flexibility index (Phi) is 6.16.